The van der Waals surface area contributed by atoms with Crippen LogP contribution in [0.2, 0.25) is 0 Å². The average molecular weight is 590 g/mol. The predicted octanol–water partition coefficient (Wildman–Crippen LogP) is 11.3. The van der Waals surface area contributed by atoms with Crippen LogP contribution in [-0.2, 0) is 12.8 Å². The van der Waals surface area contributed by atoms with Gasteiger partial charge in [0.15, 0.2) is 0 Å². The van der Waals surface area contributed by atoms with E-state index in [0.717, 1.165) is 25.7 Å². The topological polar surface area (TPSA) is 0 Å². The van der Waals surface area contributed by atoms with Crippen LogP contribution < -0.4 is 0 Å². The highest BCUT2D eigenvalue weighted by molar-refractivity contribution is 9.10. The average Bonchev–Trinajstić information content (AvgIpc) is 3.04. The molecule has 2 aliphatic carbocycles. The summed E-state index contributed by atoms with van der Waals surface area (Å²) in [6, 6.07) is 20.5. The van der Waals surface area contributed by atoms with Gasteiger partial charge < -0.3 is 0 Å². The number of rotatable bonds is 4. The van der Waals surface area contributed by atoms with E-state index in [-0.39, 0.29) is 10.8 Å². The van der Waals surface area contributed by atoms with Crippen molar-refractivity contribution >= 4 is 49.3 Å². The van der Waals surface area contributed by atoms with E-state index in [1.807, 2.05) is 23.5 Å². The highest BCUT2D eigenvalue weighted by atomic mass is 79.9. The van der Waals surface area contributed by atoms with Crippen molar-refractivity contribution in [3.63, 3.8) is 0 Å². The van der Waals surface area contributed by atoms with Crippen molar-refractivity contribution in [3.8, 4) is 0 Å². The zero-order chi connectivity index (χ0) is 26.4. The molecule has 3 aromatic carbocycles. The third kappa shape index (κ3) is 6.15. The first-order chi connectivity index (χ1) is 17.5. The Morgan fingerprint density at radius 2 is 1.00 bits per heavy atom. The maximum Gasteiger partial charge on any atom is 0.0348 e. The molecule has 5 rings (SSSR count). The van der Waals surface area contributed by atoms with Crippen molar-refractivity contribution in [2.24, 2.45) is 10.8 Å². The molecule has 2 aliphatic rings. The molecule has 0 unspecified atom stereocenters. The van der Waals surface area contributed by atoms with E-state index in [1.165, 1.54) is 57.5 Å². The molecule has 0 N–H and O–H groups in total. The zero-order valence-electron chi connectivity index (χ0n) is 22.9. The van der Waals surface area contributed by atoms with Gasteiger partial charge in [-0.3, -0.25) is 0 Å². The van der Waals surface area contributed by atoms with Gasteiger partial charge in [0, 0.05) is 35.2 Å². The monoisotopic (exact) mass is 588 g/mol. The molecular weight excluding hydrogens is 552 g/mol. The lowest BCUT2D eigenvalue weighted by atomic mass is 9.86. The van der Waals surface area contributed by atoms with Crippen molar-refractivity contribution < 1.29 is 0 Å². The summed E-state index contributed by atoms with van der Waals surface area (Å²) >= 11 is 8.05. The van der Waals surface area contributed by atoms with Crippen LogP contribution in [0, 0.1) is 24.7 Å². The second-order valence-corrected chi connectivity index (χ2v) is 15.1. The van der Waals surface area contributed by atoms with Gasteiger partial charge in [0.2, 0.25) is 0 Å². The molecule has 0 saturated carbocycles. The molecule has 0 spiro atoms. The SMILES string of the molecule is Cc1ccc(SC2=CC(C)(C)CCc3cc4c(c(Br)c32)C(Sc2ccc(C)cc2)=CC(C)(C)CC4)cc1. The maximum absolute atomic E-state index is 4.22. The van der Waals surface area contributed by atoms with E-state index in [4.69, 9.17) is 0 Å². The van der Waals surface area contributed by atoms with Crippen LogP contribution in [-0.4, -0.2) is 0 Å². The molecule has 3 heteroatoms. The number of hydrogen-bond acceptors (Lipinski definition) is 2. The number of fused-ring (bicyclic) bond motifs is 2. The molecule has 0 fully saturated rings. The summed E-state index contributed by atoms with van der Waals surface area (Å²) in [4.78, 5) is 5.35. The molecule has 3 aromatic rings. The van der Waals surface area contributed by atoms with Gasteiger partial charge in [0.1, 0.15) is 0 Å². The van der Waals surface area contributed by atoms with Crippen molar-refractivity contribution in [1.82, 2.24) is 0 Å². The Morgan fingerprint density at radius 3 is 1.38 bits per heavy atom. The minimum atomic E-state index is 0.153. The fraction of sp³-hybridized carbons (Fsp3) is 0.353. The van der Waals surface area contributed by atoms with Crippen LogP contribution in [0.25, 0.3) is 9.81 Å². The first-order valence-electron chi connectivity index (χ1n) is 13.3. The lowest BCUT2D eigenvalue weighted by Crippen LogP contribution is -2.08. The predicted molar refractivity (Wildman–Crippen MR) is 168 cm³/mol. The highest BCUT2D eigenvalue weighted by Gasteiger charge is 2.31. The Morgan fingerprint density at radius 1 is 0.622 bits per heavy atom. The second kappa shape index (κ2) is 10.5. The van der Waals surface area contributed by atoms with E-state index >= 15 is 0 Å². The molecule has 37 heavy (non-hydrogen) atoms. The molecule has 0 aromatic heterocycles. The van der Waals surface area contributed by atoms with Crippen molar-refractivity contribution in [2.45, 2.75) is 77.0 Å². The summed E-state index contributed by atoms with van der Waals surface area (Å²) in [5.74, 6) is 0. The van der Waals surface area contributed by atoms with Gasteiger partial charge >= 0.3 is 0 Å². The number of halogens is 1. The molecule has 0 heterocycles. The van der Waals surface area contributed by atoms with E-state index in [0.29, 0.717) is 0 Å². The van der Waals surface area contributed by atoms with Gasteiger partial charge in [-0.25, -0.2) is 0 Å². The summed E-state index contributed by atoms with van der Waals surface area (Å²) in [5, 5.41) is 0. The van der Waals surface area contributed by atoms with E-state index in [1.54, 1.807) is 0 Å². The van der Waals surface area contributed by atoms with Gasteiger partial charge in [-0.2, -0.15) is 0 Å². The lowest BCUT2D eigenvalue weighted by molar-refractivity contribution is 0.440. The van der Waals surface area contributed by atoms with Crippen LogP contribution in [0.3, 0.4) is 0 Å². The second-order valence-electron chi connectivity index (χ2n) is 12.1. The summed E-state index contributed by atoms with van der Waals surface area (Å²) < 4.78 is 1.27. The minimum absolute atomic E-state index is 0.153. The Hall–Kier alpha value is -1.68. The summed E-state index contributed by atoms with van der Waals surface area (Å²) in [6.45, 7) is 13.8. The van der Waals surface area contributed by atoms with Gasteiger partial charge in [-0.05, 0) is 102 Å². The number of hydrogen-bond donors (Lipinski definition) is 0. The number of thioether (sulfide) groups is 2. The Balaban J connectivity index is 1.67. The van der Waals surface area contributed by atoms with Gasteiger partial charge in [0.25, 0.3) is 0 Å². The van der Waals surface area contributed by atoms with Gasteiger partial charge in [-0.15, -0.1) is 0 Å². The van der Waals surface area contributed by atoms with Crippen molar-refractivity contribution in [2.75, 3.05) is 0 Å². The number of allylic oxidation sites excluding steroid dienone is 2. The molecule has 192 valence electrons. The fourth-order valence-electron chi connectivity index (χ4n) is 5.23. The molecule has 0 bridgehead atoms. The first-order valence-corrected chi connectivity index (χ1v) is 15.7. The van der Waals surface area contributed by atoms with E-state index in [9.17, 15) is 0 Å². The normalized spacial score (nSPS) is 18.1. The molecule has 0 saturated heterocycles. The maximum atomic E-state index is 4.22. The highest BCUT2D eigenvalue weighted by Crippen LogP contribution is 2.52. The minimum Gasteiger partial charge on any atom is -0.0897 e. The third-order valence-electron chi connectivity index (χ3n) is 7.54. The quantitative estimate of drug-likeness (QED) is 0.297. The fourth-order valence-corrected chi connectivity index (χ4v) is 8.91. The van der Waals surface area contributed by atoms with Crippen LogP contribution >= 0.6 is 39.5 Å². The smallest absolute Gasteiger partial charge is 0.0348 e. The first kappa shape index (κ1) is 26.9. The summed E-state index contributed by atoms with van der Waals surface area (Å²) in [7, 11) is 0. The van der Waals surface area contributed by atoms with Crippen molar-refractivity contribution in [1.29, 1.82) is 0 Å². The Kier molecular flexibility index (Phi) is 7.62. The Bertz CT molecular complexity index is 1270. The number of benzene rings is 3. The molecule has 0 nitrogen and oxygen atoms in total. The van der Waals surface area contributed by atoms with Gasteiger partial charge in [0.05, 0.1) is 0 Å². The van der Waals surface area contributed by atoms with E-state index < -0.39 is 0 Å². The zero-order valence-corrected chi connectivity index (χ0v) is 26.1. The van der Waals surface area contributed by atoms with E-state index in [2.05, 4.69) is 124 Å². The molecule has 0 atom stereocenters. The molecular formula is C34H37BrS2. The van der Waals surface area contributed by atoms with Crippen molar-refractivity contribution in [3.05, 3.63) is 105 Å². The lowest BCUT2D eigenvalue weighted by Gasteiger charge is -2.21. The summed E-state index contributed by atoms with van der Waals surface area (Å²) in [6.07, 6.45) is 9.59. The largest absolute Gasteiger partial charge is 0.0897 e. The van der Waals surface area contributed by atoms with Crippen LogP contribution in [0.15, 0.2) is 81.0 Å². The molecule has 0 radical (unpaired) electrons. The molecule has 0 amide bonds. The van der Waals surface area contributed by atoms with Crippen LogP contribution in [0.1, 0.15) is 73.9 Å². The third-order valence-corrected chi connectivity index (χ3v) is 10.4. The molecule has 0 aliphatic heterocycles. The number of aryl methyl sites for hydroxylation is 4. The standard InChI is InChI=1S/C34H37BrS2/c1-22-7-11-26(12-8-22)36-28-20-33(3,4)17-15-24-19-25-16-18-34(5,6)21-29(31(25)32(35)30(24)28)37-27-13-9-23(2)10-14-27/h7-14,19-21H,15-18H2,1-6H3. The van der Waals surface area contributed by atoms with Crippen LogP contribution in [0.5, 0.6) is 0 Å². The van der Waals surface area contributed by atoms with Gasteiger partial charge in [-0.1, -0.05) is 105 Å². The van der Waals surface area contributed by atoms with Crippen LogP contribution in [0.4, 0.5) is 0 Å². The Labute approximate surface area is 240 Å². The summed E-state index contributed by atoms with van der Waals surface area (Å²) in [5.41, 5.74) is 8.67.